The maximum Gasteiger partial charge on any atom is 0.490 e. The second-order valence-electron chi connectivity index (χ2n) is 8.89. The van der Waals surface area contributed by atoms with Crippen molar-refractivity contribution in [3.63, 3.8) is 0 Å². The molecule has 2 saturated heterocycles. The highest BCUT2D eigenvalue weighted by molar-refractivity contribution is 5.85. The van der Waals surface area contributed by atoms with E-state index in [-0.39, 0.29) is 0 Å². The molecular weight excluding hydrogens is 389 g/mol. The maximum absolute atomic E-state index is 13.5. The van der Waals surface area contributed by atoms with E-state index in [2.05, 4.69) is 16.8 Å². The molecule has 1 atom stereocenters. The number of hydrogen-bond donors (Lipinski definition) is 0. The Hall–Kier alpha value is -1.55. The molecule has 7 nitrogen and oxygen atoms in total. The molecule has 2 amide bonds. The van der Waals surface area contributed by atoms with Gasteiger partial charge in [0, 0.05) is 32.2 Å². The van der Waals surface area contributed by atoms with Crippen molar-refractivity contribution < 1.29 is 27.5 Å². The molecule has 0 aromatic heterocycles. The molecule has 0 aromatic rings. The predicted molar refractivity (Wildman–Crippen MR) is 102 cm³/mol. The van der Waals surface area contributed by atoms with Crippen LogP contribution in [0.15, 0.2) is 0 Å². The van der Waals surface area contributed by atoms with Crippen LogP contribution in [-0.2, 0) is 9.53 Å². The van der Waals surface area contributed by atoms with E-state index >= 15 is 0 Å². The average molecular weight is 422 g/mol. The monoisotopic (exact) mass is 422 g/mol. The van der Waals surface area contributed by atoms with Crippen molar-refractivity contribution in [3.05, 3.63) is 0 Å². The first-order valence-electron chi connectivity index (χ1n) is 10.1. The smallest absolute Gasteiger partial charge is 0.443 e. The minimum absolute atomic E-state index is 0.357. The SMILES string of the molecule is C[C@@H](C(=O)N1CCN(C2CCN(C)CC2)CC1)N(C(=O)OC(C)(C)C)C(F)(F)F. The van der Waals surface area contributed by atoms with E-state index in [0.717, 1.165) is 32.9 Å². The number of rotatable bonds is 3. The van der Waals surface area contributed by atoms with E-state index in [4.69, 9.17) is 4.74 Å². The van der Waals surface area contributed by atoms with Crippen molar-refractivity contribution in [2.45, 2.75) is 64.5 Å². The van der Waals surface area contributed by atoms with Crippen molar-refractivity contribution in [1.29, 1.82) is 0 Å². The summed E-state index contributed by atoms with van der Waals surface area (Å²) in [4.78, 5) is 30.5. The van der Waals surface area contributed by atoms with Gasteiger partial charge in [-0.05, 0) is 60.7 Å². The highest BCUT2D eigenvalue weighted by atomic mass is 19.4. The molecule has 2 heterocycles. The minimum Gasteiger partial charge on any atom is -0.443 e. The van der Waals surface area contributed by atoms with Crippen LogP contribution >= 0.6 is 0 Å². The van der Waals surface area contributed by atoms with Crippen LogP contribution in [-0.4, -0.2) is 102 Å². The summed E-state index contributed by atoms with van der Waals surface area (Å²) >= 11 is 0. The third-order valence-electron chi connectivity index (χ3n) is 5.44. The fourth-order valence-electron chi connectivity index (χ4n) is 3.83. The zero-order valence-corrected chi connectivity index (χ0v) is 18.0. The molecule has 10 heteroatoms. The van der Waals surface area contributed by atoms with Gasteiger partial charge < -0.3 is 14.5 Å². The molecule has 0 N–H and O–H groups in total. The Balaban J connectivity index is 1.98. The molecule has 29 heavy (non-hydrogen) atoms. The molecule has 0 radical (unpaired) electrons. The molecule has 0 saturated carbocycles. The summed E-state index contributed by atoms with van der Waals surface area (Å²) < 4.78 is 45.4. The Morgan fingerprint density at radius 2 is 1.52 bits per heavy atom. The van der Waals surface area contributed by atoms with E-state index in [1.165, 1.54) is 25.7 Å². The molecule has 0 unspecified atom stereocenters. The Morgan fingerprint density at radius 1 is 1.00 bits per heavy atom. The predicted octanol–water partition coefficient (Wildman–Crippen LogP) is 2.37. The third-order valence-corrected chi connectivity index (χ3v) is 5.44. The molecule has 0 bridgehead atoms. The van der Waals surface area contributed by atoms with Gasteiger partial charge in [0.15, 0.2) is 0 Å². The summed E-state index contributed by atoms with van der Waals surface area (Å²) in [6, 6.07) is -1.23. The van der Waals surface area contributed by atoms with Crippen molar-refractivity contribution in [2.24, 2.45) is 0 Å². The van der Waals surface area contributed by atoms with Crippen LogP contribution in [0, 0.1) is 0 Å². The van der Waals surface area contributed by atoms with Crippen molar-refractivity contribution in [1.82, 2.24) is 19.6 Å². The first kappa shape index (κ1) is 23.7. The van der Waals surface area contributed by atoms with Gasteiger partial charge in [0.1, 0.15) is 11.6 Å². The number of halogens is 3. The lowest BCUT2D eigenvalue weighted by molar-refractivity contribution is -0.243. The number of piperidine rings is 1. The van der Waals surface area contributed by atoms with Gasteiger partial charge in [0.2, 0.25) is 5.91 Å². The topological polar surface area (TPSA) is 56.3 Å². The van der Waals surface area contributed by atoms with Gasteiger partial charge in [-0.2, -0.15) is 0 Å². The summed E-state index contributed by atoms with van der Waals surface area (Å²) in [6.07, 6.45) is -4.45. The summed E-state index contributed by atoms with van der Waals surface area (Å²) in [6.45, 7) is 9.57. The fourth-order valence-corrected chi connectivity index (χ4v) is 3.83. The van der Waals surface area contributed by atoms with Gasteiger partial charge in [0.25, 0.3) is 0 Å². The Kier molecular flexibility index (Phi) is 7.42. The molecule has 2 rings (SSSR count). The Bertz CT molecular complexity index is 578. The fraction of sp³-hybridized carbons (Fsp3) is 0.895. The van der Waals surface area contributed by atoms with E-state index in [1.807, 2.05) is 0 Å². The summed E-state index contributed by atoms with van der Waals surface area (Å²) in [5.41, 5.74) is -1.09. The number of ether oxygens (including phenoxy) is 1. The van der Waals surface area contributed by atoms with E-state index < -0.39 is 34.8 Å². The first-order valence-corrected chi connectivity index (χ1v) is 10.1. The first-order chi connectivity index (χ1) is 13.3. The lowest BCUT2D eigenvalue weighted by Gasteiger charge is -2.43. The van der Waals surface area contributed by atoms with Crippen molar-refractivity contribution in [2.75, 3.05) is 46.3 Å². The normalized spacial score (nSPS) is 21.7. The average Bonchev–Trinajstić information content (AvgIpc) is 2.59. The molecule has 2 fully saturated rings. The summed E-state index contributed by atoms with van der Waals surface area (Å²) in [5.74, 6) is -0.712. The number of hydrogen-bond acceptors (Lipinski definition) is 5. The van der Waals surface area contributed by atoms with Gasteiger partial charge in [-0.3, -0.25) is 9.69 Å². The van der Waals surface area contributed by atoms with Crippen LogP contribution in [0.3, 0.4) is 0 Å². The molecule has 168 valence electrons. The largest absolute Gasteiger partial charge is 0.490 e. The molecule has 2 aliphatic rings. The second kappa shape index (κ2) is 9.07. The lowest BCUT2D eigenvalue weighted by atomic mass is 10.0. The van der Waals surface area contributed by atoms with E-state index in [9.17, 15) is 22.8 Å². The van der Waals surface area contributed by atoms with Crippen molar-refractivity contribution >= 4 is 12.0 Å². The van der Waals surface area contributed by atoms with Gasteiger partial charge >= 0.3 is 12.4 Å². The third kappa shape index (κ3) is 6.47. The molecule has 2 aliphatic heterocycles. The number of carbonyl (C=O) groups is 2. The van der Waals surface area contributed by atoms with Gasteiger partial charge in [0.05, 0.1) is 0 Å². The van der Waals surface area contributed by atoms with Gasteiger partial charge in [-0.15, -0.1) is 13.2 Å². The van der Waals surface area contributed by atoms with Crippen LogP contribution in [0.2, 0.25) is 0 Å². The van der Waals surface area contributed by atoms with Crippen LogP contribution in [0.4, 0.5) is 18.0 Å². The van der Waals surface area contributed by atoms with Gasteiger partial charge in [-0.1, -0.05) is 0 Å². The number of alkyl halides is 3. The number of nitrogens with zero attached hydrogens (tertiary/aromatic N) is 4. The quantitative estimate of drug-likeness (QED) is 0.654. The molecular formula is C19H33F3N4O3. The van der Waals surface area contributed by atoms with Crippen LogP contribution in [0.1, 0.15) is 40.5 Å². The van der Waals surface area contributed by atoms with Crippen LogP contribution in [0.25, 0.3) is 0 Å². The van der Waals surface area contributed by atoms with Crippen LogP contribution in [0.5, 0.6) is 0 Å². The molecule has 0 aromatic carbocycles. The number of carbonyl (C=O) groups excluding carboxylic acids is 2. The lowest BCUT2D eigenvalue weighted by Crippen LogP contribution is -2.60. The summed E-state index contributed by atoms with van der Waals surface area (Å²) in [5, 5.41) is 0. The Labute approximate surface area is 170 Å². The standard InChI is InChI=1S/C19H33F3N4O3/c1-14(26(19(20,21)22)17(28)29-18(2,3)4)16(27)25-12-10-24(11-13-25)15-6-8-23(5)9-7-15/h14-15H,6-13H2,1-5H3/t14-/m0/s1. The zero-order valence-electron chi connectivity index (χ0n) is 18.0. The number of likely N-dealkylation sites (tertiary alicyclic amines) is 1. The van der Waals surface area contributed by atoms with Crippen LogP contribution < -0.4 is 0 Å². The van der Waals surface area contributed by atoms with Gasteiger partial charge in [-0.25, -0.2) is 9.69 Å². The van der Waals surface area contributed by atoms with E-state index in [0.29, 0.717) is 32.2 Å². The van der Waals surface area contributed by atoms with E-state index in [1.54, 1.807) is 0 Å². The highest BCUT2D eigenvalue weighted by Crippen LogP contribution is 2.28. The number of piperazine rings is 1. The summed E-state index contributed by atoms with van der Waals surface area (Å²) in [7, 11) is 2.09. The molecule has 0 aliphatic carbocycles. The second-order valence-corrected chi connectivity index (χ2v) is 8.89. The zero-order chi connectivity index (χ0) is 22.0. The maximum atomic E-state index is 13.5. The number of amides is 2. The highest BCUT2D eigenvalue weighted by Gasteiger charge is 2.49. The van der Waals surface area contributed by atoms with Crippen molar-refractivity contribution in [3.8, 4) is 0 Å². The molecule has 0 spiro atoms. The Morgan fingerprint density at radius 3 is 1.97 bits per heavy atom. The minimum atomic E-state index is -5.01.